The van der Waals surface area contributed by atoms with E-state index in [0.717, 1.165) is 38.3 Å². The number of aromatic amines is 1. The van der Waals surface area contributed by atoms with Crippen molar-refractivity contribution in [1.82, 2.24) is 30.8 Å². The first-order valence-corrected chi connectivity index (χ1v) is 6.07. The van der Waals surface area contributed by atoms with Crippen molar-refractivity contribution in [2.75, 3.05) is 26.2 Å². The molecule has 1 saturated heterocycles. The molecule has 0 bridgehead atoms. The van der Waals surface area contributed by atoms with Gasteiger partial charge in [-0.2, -0.15) is 5.21 Å². The number of hydrogen-bond donors (Lipinski definition) is 2. The lowest BCUT2D eigenvalue weighted by molar-refractivity contribution is 0.200. The van der Waals surface area contributed by atoms with Gasteiger partial charge in [-0.1, -0.05) is 12.1 Å². The van der Waals surface area contributed by atoms with Crippen molar-refractivity contribution in [2.24, 2.45) is 0 Å². The monoisotopic (exact) mass is 224 g/mol. The molecular formula is C10H20N6. The average molecular weight is 224 g/mol. The molecule has 2 rings (SSSR count). The summed E-state index contributed by atoms with van der Waals surface area (Å²) in [5, 5.41) is 17.6. The molecule has 0 saturated carbocycles. The van der Waals surface area contributed by atoms with Gasteiger partial charge in [-0.25, -0.2) is 0 Å². The highest BCUT2D eigenvalue weighted by Crippen LogP contribution is 2.10. The van der Waals surface area contributed by atoms with Gasteiger partial charge in [0, 0.05) is 25.6 Å². The van der Waals surface area contributed by atoms with Crippen LogP contribution in [-0.2, 0) is 6.42 Å². The van der Waals surface area contributed by atoms with Crippen LogP contribution in [0, 0.1) is 0 Å². The number of rotatable bonds is 4. The van der Waals surface area contributed by atoms with E-state index in [9.17, 15) is 0 Å². The van der Waals surface area contributed by atoms with Gasteiger partial charge >= 0.3 is 0 Å². The minimum Gasteiger partial charge on any atom is -0.315 e. The molecule has 16 heavy (non-hydrogen) atoms. The number of nitrogens with zero attached hydrogens (tertiary/aromatic N) is 4. The standard InChI is InChI=1S/C10H20N6/c1-2-9(8-10-12-14-15-13-10)16-6-3-4-11-5-7-16/h9,11H,2-8H2,1H3,(H,12,13,14,15). The van der Waals surface area contributed by atoms with Gasteiger partial charge in [0.25, 0.3) is 0 Å². The van der Waals surface area contributed by atoms with Gasteiger partial charge in [0.15, 0.2) is 5.82 Å². The molecule has 1 aromatic rings. The van der Waals surface area contributed by atoms with E-state index in [1.165, 1.54) is 13.0 Å². The van der Waals surface area contributed by atoms with Crippen molar-refractivity contribution in [3.8, 4) is 0 Å². The summed E-state index contributed by atoms with van der Waals surface area (Å²) in [5.41, 5.74) is 0. The normalized spacial score (nSPS) is 20.6. The molecule has 6 nitrogen and oxygen atoms in total. The Kier molecular flexibility index (Phi) is 4.24. The lowest BCUT2D eigenvalue weighted by Gasteiger charge is -2.28. The van der Waals surface area contributed by atoms with Crippen LogP contribution in [0.25, 0.3) is 0 Å². The summed E-state index contributed by atoms with van der Waals surface area (Å²) in [6.45, 7) is 6.74. The minimum absolute atomic E-state index is 0.539. The molecule has 0 amide bonds. The van der Waals surface area contributed by atoms with Gasteiger partial charge in [0.05, 0.1) is 0 Å². The smallest absolute Gasteiger partial charge is 0.176 e. The van der Waals surface area contributed by atoms with Crippen LogP contribution >= 0.6 is 0 Å². The Morgan fingerprint density at radius 2 is 2.31 bits per heavy atom. The molecule has 0 aliphatic carbocycles. The van der Waals surface area contributed by atoms with Gasteiger partial charge in [-0.05, 0) is 25.9 Å². The Balaban J connectivity index is 1.92. The van der Waals surface area contributed by atoms with Gasteiger partial charge in [-0.3, -0.25) is 4.90 Å². The highest BCUT2D eigenvalue weighted by molar-refractivity contribution is 4.86. The van der Waals surface area contributed by atoms with Crippen molar-refractivity contribution >= 4 is 0 Å². The van der Waals surface area contributed by atoms with E-state index in [1.807, 2.05) is 0 Å². The summed E-state index contributed by atoms with van der Waals surface area (Å²) in [4.78, 5) is 2.54. The fraction of sp³-hybridized carbons (Fsp3) is 0.900. The van der Waals surface area contributed by atoms with Crippen molar-refractivity contribution in [1.29, 1.82) is 0 Å². The van der Waals surface area contributed by atoms with E-state index in [2.05, 4.69) is 37.8 Å². The first kappa shape index (κ1) is 11.5. The molecule has 2 N–H and O–H groups in total. The molecule has 1 aliphatic rings. The number of nitrogens with one attached hydrogen (secondary N) is 2. The maximum absolute atomic E-state index is 4.03. The Morgan fingerprint density at radius 1 is 1.38 bits per heavy atom. The zero-order valence-corrected chi connectivity index (χ0v) is 9.82. The van der Waals surface area contributed by atoms with Crippen molar-refractivity contribution in [2.45, 2.75) is 32.2 Å². The Hall–Kier alpha value is -1.01. The Morgan fingerprint density at radius 3 is 3.06 bits per heavy atom. The van der Waals surface area contributed by atoms with Crippen LogP contribution < -0.4 is 5.32 Å². The zero-order chi connectivity index (χ0) is 11.2. The van der Waals surface area contributed by atoms with Gasteiger partial charge in [-0.15, -0.1) is 10.2 Å². The highest BCUT2D eigenvalue weighted by Gasteiger charge is 2.19. The van der Waals surface area contributed by atoms with E-state index >= 15 is 0 Å². The highest BCUT2D eigenvalue weighted by atomic mass is 15.5. The minimum atomic E-state index is 0.539. The van der Waals surface area contributed by atoms with E-state index in [-0.39, 0.29) is 0 Å². The number of aromatic nitrogens is 4. The lowest BCUT2D eigenvalue weighted by Crippen LogP contribution is -2.39. The predicted octanol–water partition coefficient (Wildman–Crippen LogP) is -0.184. The molecule has 1 aliphatic heterocycles. The largest absolute Gasteiger partial charge is 0.315 e. The fourth-order valence-corrected chi connectivity index (χ4v) is 2.24. The number of H-pyrrole nitrogens is 1. The van der Waals surface area contributed by atoms with Crippen LogP contribution in [0.4, 0.5) is 0 Å². The quantitative estimate of drug-likeness (QED) is 0.742. The van der Waals surface area contributed by atoms with Crippen molar-refractivity contribution < 1.29 is 0 Å². The van der Waals surface area contributed by atoms with Crippen LogP contribution in [0.2, 0.25) is 0 Å². The topological polar surface area (TPSA) is 69.7 Å². The van der Waals surface area contributed by atoms with Crippen LogP contribution in [0.3, 0.4) is 0 Å². The first-order chi connectivity index (χ1) is 7.90. The van der Waals surface area contributed by atoms with E-state index in [1.54, 1.807) is 0 Å². The van der Waals surface area contributed by atoms with Gasteiger partial charge < -0.3 is 5.32 Å². The second-order valence-electron chi connectivity index (χ2n) is 4.23. The van der Waals surface area contributed by atoms with E-state index < -0.39 is 0 Å². The maximum Gasteiger partial charge on any atom is 0.176 e. The molecule has 1 atom stereocenters. The predicted molar refractivity (Wildman–Crippen MR) is 61.0 cm³/mol. The van der Waals surface area contributed by atoms with Crippen molar-refractivity contribution in [3.05, 3.63) is 5.82 Å². The number of hydrogen-bond acceptors (Lipinski definition) is 5. The first-order valence-electron chi connectivity index (χ1n) is 6.07. The van der Waals surface area contributed by atoms with Crippen LogP contribution in [0.5, 0.6) is 0 Å². The molecule has 0 radical (unpaired) electrons. The molecule has 1 aromatic heterocycles. The molecule has 0 spiro atoms. The summed E-state index contributed by atoms with van der Waals surface area (Å²) in [5.74, 6) is 0.823. The van der Waals surface area contributed by atoms with Gasteiger partial charge in [0.1, 0.15) is 0 Å². The van der Waals surface area contributed by atoms with Crippen LogP contribution in [-0.4, -0.2) is 57.7 Å². The lowest BCUT2D eigenvalue weighted by atomic mass is 10.1. The summed E-state index contributed by atoms with van der Waals surface area (Å²) in [7, 11) is 0. The second kappa shape index (κ2) is 5.91. The zero-order valence-electron chi connectivity index (χ0n) is 9.82. The third-order valence-corrected chi connectivity index (χ3v) is 3.17. The van der Waals surface area contributed by atoms with Crippen molar-refractivity contribution in [3.63, 3.8) is 0 Å². The van der Waals surface area contributed by atoms with E-state index in [4.69, 9.17) is 0 Å². The maximum atomic E-state index is 4.03. The Labute approximate surface area is 95.8 Å². The third kappa shape index (κ3) is 2.99. The van der Waals surface area contributed by atoms with E-state index in [0.29, 0.717) is 6.04 Å². The summed E-state index contributed by atoms with van der Waals surface area (Å²) in [6, 6.07) is 0.539. The molecule has 0 aromatic carbocycles. The molecule has 2 heterocycles. The molecular weight excluding hydrogens is 204 g/mol. The number of tetrazole rings is 1. The average Bonchev–Trinajstić information content (AvgIpc) is 2.67. The SMILES string of the molecule is CCC(Cc1nn[nH]n1)N1CCCNCC1. The summed E-state index contributed by atoms with van der Waals surface area (Å²) in [6.07, 6.45) is 3.25. The molecule has 1 fully saturated rings. The third-order valence-electron chi connectivity index (χ3n) is 3.17. The second-order valence-corrected chi connectivity index (χ2v) is 4.23. The fourth-order valence-electron chi connectivity index (χ4n) is 2.24. The Bertz CT molecular complexity index is 278. The summed E-state index contributed by atoms with van der Waals surface area (Å²) >= 11 is 0. The van der Waals surface area contributed by atoms with Crippen LogP contribution in [0.1, 0.15) is 25.6 Å². The molecule has 90 valence electrons. The molecule has 6 heteroatoms. The van der Waals surface area contributed by atoms with Crippen LogP contribution in [0.15, 0.2) is 0 Å². The molecule has 1 unspecified atom stereocenters. The van der Waals surface area contributed by atoms with Gasteiger partial charge in [0.2, 0.25) is 0 Å². The summed E-state index contributed by atoms with van der Waals surface area (Å²) < 4.78 is 0.